The van der Waals surface area contributed by atoms with E-state index in [1.54, 1.807) is 11.9 Å². The van der Waals surface area contributed by atoms with Crippen LogP contribution in [0.15, 0.2) is 18.2 Å². The Morgan fingerprint density at radius 2 is 2.16 bits per heavy atom. The highest BCUT2D eigenvalue weighted by molar-refractivity contribution is 5.95. The minimum absolute atomic E-state index is 0.0800. The van der Waals surface area contributed by atoms with E-state index in [-0.39, 0.29) is 11.3 Å². The van der Waals surface area contributed by atoms with Crippen LogP contribution in [0, 0.1) is 16.0 Å². The van der Waals surface area contributed by atoms with E-state index >= 15 is 0 Å². The molecule has 0 aromatic heterocycles. The first-order valence-corrected chi connectivity index (χ1v) is 6.09. The van der Waals surface area contributed by atoms with Gasteiger partial charge < -0.3 is 10.0 Å². The number of hydrogen-bond acceptors (Lipinski definition) is 4. The van der Waals surface area contributed by atoms with Gasteiger partial charge in [0.25, 0.3) is 5.69 Å². The molecule has 0 heterocycles. The van der Waals surface area contributed by atoms with Crippen molar-refractivity contribution < 1.29 is 14.8 Å². The molecule has 0 saturated carbocycles. The lowest BCUT2D eigenvalue weighted by Crippen LogP contribution is -2.25. The average molecular weight is 266 g/mol. The number of non-ortho nitro benzene ring substituents is 1. The van der Waals surface area contributed by atoms with Crippen LogP contribution in [0.5, 0.6) is 0 Å². The van der Waals surface area contributed by atoms with Gasteiger partial charge in [0.15, 0.2) is 0 Å². The summed E-state index contributed by atoms with van der Waals surface area (Å²) >= 11 is 0. The van der Waals surface area contributed by atoms with Gasteiger partial charge >= 0.3 is 5.97 Å². The normalized spacial score (nSPS) is 11.9. The molecule has 0 amide bonds. The highest BCUT2D eigenvalue weighted by atomic mass is 16.6. The number of hydrogen-bond donors (Lipinski definition) is 1. The summed E-state index contributed by atoms with van der Waals surface area (Å²) in [5, 5.41) is 19.9. The minimum atomic E-state index is -1.08. The van der Waals surface area contributed by atoms with E-state index in [2.05, 4.69) is 0 Å². The van der Waals surface area contributed by atoms with Gasteiger partial charge in [-0.1, -0.05) is 20.3 Å². The number of carbonyl (C=O) groups is 1. The third kappa shape index (κ3) is 3.67. The molecule has 0 spiro atoms. The summed E-state index contributed by atoms with van der Waals surface area (Å²) in [4.78, 5) is 23.2. The SMILES string of the molecule is CCC(C)CN(C)c1cc([N+](=O)[O-])ccc1C(=O)O. The lowest BCUT2D eigenvalue weighted by molar-refractivity contribution is -0.384. The molecule has 0 aliphatic rings. The zero-order valence-corrected chi connectivity index (χ0v) is 11.3. The van der Waals surface area contributed by atoms with Gasteiger partial charge in [-0.05, 0) is 12.0 Å². The predicted molar refractivity (Wildman–Crippen MR) is 72.8 cm³/mol. The predicted octanol–water partition coefficient (Wildman–Crippen LogP) is 2.78. The van der Waals surface area contributed by atoms with Crippen molar-refractivity contribution in [3.63, 3.8) is 0 Å². The summed E-state index contributed by atoms with van der Waals surface area (Å²) in [5.41, 5.74) is 0.356. The molecule has 6 heteroatoms. The van der Waals surface area contributed by atoms with Crippen molar-refractivity contribution in [2.24, 2.45) is 5.92 Å². The first kappa shape index (κ1) is 14.9. The summed E-state index contributed by atoms with van der Waals surface area (Å²) in [6, 6.07) is 3.80. The standard InChI is InChI=1S/C13H18N2O4/c1-4-9(2)8-14(3)12-7-10(15(18)19)5-6-11(12)13(16)17/h5-7,9H,4,8H2,1-3H3,(H,16,17). The van der Waals surface area contributed by atoms with Crippen molar-refractivity contribution >= 4 is 17.3 Å². The summed E-state index contributed by atoms with van der Waals surface area (Å²) in [6.45, 7) is 4.75. The van der Waals surface area contributed by atoms with Gasteiger partial charge in [0.1, 0.15) is 0 Å². The van der Waals surface area contributed by atoms with Gasteiger partial charge in [0.05, 0.1) is 16.2 Å². The number of nitro benzene ring substituents is 1. The van der Waals surface area contributed by atoms with Crippen LogP contribution in [0.2, 0.25) is 0 Å². The number of carboxylic acid groups (broad SMARTS) is 1. The maximum atomic E-state index is 11.2. The van der Waals surface area contributed by atoms with Gasteiger partial charge in [-0.15, -0.1) is 0 Å². The molecule has 1 rings (SSSR count). The van der Waals surface area contributed by atoms with Crippen molar-refractivity contribution in [2.75, 3.05) is 18.5 Å². The second-order valence-corrected chi connectivity index (χ2v) is 4.66. The molecule has 0 saturated heterocycles. The Bertz CT molecular complexity index is 488. The van der Waals surface area contributed by atoms with E-state index in [0.717, 1.165) is 6.42 Å². The first-order chi connectivity index (χ1) is 8.86. The van der Waals surface area contributed by atoms with Gasteiger partial charge in [-0.25, -0.2) is 4.79 Å². The van der Waals surface area contributed by atoms with Crippen molar-refractivity contribution in [1.29, 1.82) is 0 Å². The highest BCUT2D eigenvalue weighted by Gasteiger charge is 2.18. The molecule has 0 aliphatic carbocycles. The third-order valence-electron chi connectivity index (χ3n) is 3.12. The molecule has 104 valence electrons. The van der Waals surface area contributed by atoms with E-state index in [1.807, 2.05) is 13.8 Å². The van der Waals surface area contributed by atoms with Crippen molar-refractivity contribution in [3.8, 4) is 0 Å². The second kappa shape index (κ2) is 6.17. The molecule has 0 radical (unpaired) electrons. The topological polar surface area (TPSA) is 83.7 Å². The van der Waals surface area contributed by atoms with Gasteiger partial charge in [0.2, 0.25) is 0 Å². The average Bonchev–Trinajstić information content (AvgIpc) is 2.37. The van der Waals surface area contributed by atoms with Crippen LogP contribution in [0.3, 0.4) is 0 Å². The van der Waals surface area contributed by atoms with E-state index in [0.29, 0.717) is 18.2 Å². The Hall–Kier alpha value is -2.11. The van der Waals surface area contributed by atoms with E-state index < -0.39 is 10.9 Å². The van der Waals surface area contributed by atoms with Crippen LogP contribution < -0.4 is 4.90 Å². The summed E-state index contributed by atoms with van der Waals surface area (Å²) < 4.78 is 0. The Morgan fingerprint density at radius 1 is 1.53 bits per heavy atom. The van der Waals surface area contributed by atoms with Crippen LogP contribution in [-0.2, 0) is 0 Å². The maximum absolute atomic E-state index is 11.2. The Balaban J connectivity index is 3.16. The molecule has 0 fully saturated rings. The molecular weight excluding hydrogens is 248 g/mol. The van der Waals surface area contributed by atoms with E-state index in [9.17, 15) is 14.9 Å². The fourth-order valence-corrected chi connectivity index (χ4v) is 1.83. The molecule has 1 N–H and O–H groups in total. The first-order valence-electron chi connectivity index (χ1n) is 6.09. The maximum Gasteiger partial charge on any atom is 0.337 e. The van der Waals surface area contributed by atoms with Gasteiger partial charge in [0, 0.05) is 25.7 Å². The third-order valence-corrected chi connectivity index (χ3v) is 3.12. The smallest absolute Gasteiger partial charge is 0.337 e. The molecule has 1 aromatic carbocycles. The minimum Gasteiger partial charge on any atom is -0.478 e. The molecule has 1 unspecified atom stereocenters. The van der Waals surface area contributed by atoms with Crippen LogP contribution >= 0.6 is 0 Å². The fourth-order valence-electron chi connectivity index (χ4n) is 1.83. The van der Waals surface area contributed by atoms with Crippen molar-refractivity contribution in [2.45, 2.75) is 20.3 Å². The Kier molecular flexibility index (Phi) is 4.86. The van der Waals surface area contributed by atoms with Crippen molar-refractivity contribution in [3.05, 3.63) is 33.9 Å². The Morgan fingerprint density at radius 3 is 2.63 bits per heavy atom. The highest BCUT2D eigenvalue weighted by Crippen LogP contribution is 2.26. The van der Waals surface area contributed by atoms with Crippen LogP contribution in [-0.4, -0.2) is 29.6 Å². The largest absolute Gasteiger partial charge is 0.478 e. The number of anilines is 1. The molecule has 19 heavy (non-hydrogen) atoms. The zero-order chi connectivity index (χ0) is 14.6. The van der Waals surface area contributed by atoms with E-state index in [4.69, 9.17) is 5.11 Å². The second-order valence-electron chi connectivity index (χ2n) is 4.66. The summed E-state index contributed by atoms with van der Waals surface area (Å²) in [7, 11) is 1.75. The van der Waals surface area contributed by atoms with Crippen LogP contribution in [0.1, 0.15) is 30.6 Å². The summed E-state index contributed by atoms with van der Waals surface area (Å²) in [6.07, 6.45) is 0.960. The number of aromatic carboxylic acids is 1. The van der Waals surface area contributed by atoms with E-state index in [1.165, 1.54) is 18.2 Å². The number of benzene rings is 1. The number of nitro groups is 1. The molecule has 1 atom stereocenters. The van der Waals surface area contributed by atoms with Crippen LogP contribution in [0.4, 0.5) is 11.4 Å². The number of rotatable bonds is 6. The van der Waals surface area contributed by atoms with Gasteiger partial charge in [-0.2, -0.15) is 0 Å². The number of carboxylic acids is 1. The molecule has 6 nitrogen and oxygen atoms in total. The number of nitrogens with zero attached hydrogens (tertiary/aromatic N) is 2. The molecular formula is C13H18N2O4. The fraction of sp³-hybridized carbons (Fsp3) is 0.462. The molecule has 0 bridgehead atoms. The molecule has 0 aliphatic heterocycles. The van der Waals surface area contributed by atoms with Crippen LogP contribution in [0.25, 0.3) is 0 Å². The lowest BCUT2D eigenvalue weighted by atomic mass is 10.1. The monoisotopic (exact) mass is 266 g/mol. The molecule has 1 aromatic rings. The lowest BCUT2D eigenvalue weighted by Gasteiger charge is -2.24. The zero-order valence-electron chi connectivity index (χ0n) is 11.3. The Labute approximate surface area is 111 Å². The van der Waals surface area contributed by atoms with Gasteiger partial charge in [-0.3, -0.25) is 10.1 Å². The van der Waals surface area contributed by atoms with Crippen molar-refractivity contribution in [1.82, 2.24) is 0 Å². The summed E-state index contributed by atoms with van der Waals surface area (Å²) in [5.74, 6) is -0.702. The quantitative estimate of drug-likeness (QED) is 0.632.